The van der Waals surface area contributed by atoms with Crippen LogP contribution in [0.25, 0.3) is 0 Å². The van der Waals surface area contributed by atoms with Crippen LogP contribution in [-0.4, -0.2) is 73.2 Å². The number of aliphatic hydroxyl groups excluding tert-OH is 1. The van der Waals surface area contributed by atoms with Gasteiger partial charge in [0.25, 0.3) is 11.8 Å². The van der Waals surface area contributed by atoms with Crippen LogP contribution in [0.4, 0.5) is 0 Å². The monoisotopic (exact) mass is 523 g/mol. The van der Waals surface area contributed by atoms with Gasteiger partial charge in [0.1, 0.15) is 16.7 Å². The normalized spacial score (nSPS) is 22.1. The van der Waals surface area contributed by atoms with Gasteiger partial charge >= 0.3 is 0 Å². The fourth-order valence-electron chi connectivity index (χ4n) is 4.83. The summed E-state index contributed by atoms with van der Waals surface area (Å²) in [6, 6.07) is 12.3. The Morgan fingerprint density at radius 2 is 1.89 bits per heavy atom. The molecule has 0 aliphatic carbocycles. The van der Waals surface area contributed by atoms with E-state index < -0.39 is 34.9 Å². The average Bonchev–Trinajstić information content (AvgIpc) is 3.18. The zero-order valence-electron chi connectivity index (χ0n) is 21.5. The van der Waals surface area contributed by atoms with Gasteiger partial charge in [-0.15, -0.1) is 11.8 Å². The molecule has 0 aromatic heterocycles. The molecule has 4 atom stereocenters. The molecule has 2 aliphatic heterocycles. The molecule has 37 heavy (non-hydrogen) atoms. The number of hydrogen-bond acceptors (Lipinski definition) is 6. The maximum atomic E-state index is 13.6. The number of likely N-dealkylation sites (tertiary alicyclic amines) is 1. The number of rotatable bonds is 8. The number of allylic oxidation sites excluding steroid dienone is 1. The van der Waals surface area contributed by atoms with E-state index in [-0.39, 0.29) is 29.5 Å². The SMILES string of the molecule is CC(C)=CCN1C(=O)[C@H]2N(C(=O)[C@@H](O)[C@H](Cc3ccccc3)NC(=O)c3cccc(O)c3C)CSC21C. The molecule has 2 heterocycles. The second-order valence-electron chi connectivity index (χ2n) is 9.93. The molecule has 2 aromatic carbocycles. The number of thioether (sulfide) groups is 1. The van der Waals surface area contributed by atoms with Crippen molar-refractivity contribution in [3.05, 3.63) is 76.9 Å². The molecular formula is C28H33N3O5S. The van der Waals surface area contributed by atoms with Gasteiger partial charge in [0, 0.05) is 17.7 Å². The quantitative estimate of drug-likeness (QED) is 0.363. The number of aliphatic hydroxyl groups is 1. The number of aromatic hydroxyl groups is 1. The molecule has 1 unspecified atom stereocenters. The predicted molar refractivity (Wildman–Crippen MR) is 143 cm³/mol. The van der Waals surface area contributed by atoms with Gasteiger partial charge in [0.05, 0.1) is 11.9 Å². The van der Waals surface area contributed by atoms with E-state index >= 15 is 0 Å². The highest BCUT2D eigenvalue weighted by Crippen LogP contribution is 2.50. The maximum absolute atomic E-state index is 13.6. The van der Waals surface area contributed by atoms with Crippen molar-refractivity contribution in [3.63, 3.8) is 0 Å². The number of nitrogens with one attached hydrogen (secondary N) is 1. The van der Waals surface area contributed by atoms with Gasteiger partial charge in [0.2, 0.25) is 5.91 Å². The van der Waals surface area contributed by atoms with Crippen LogP contribution in [0.5, 0.6) is 5.75 Å². The van der Waals surface area contributed by atoms with Crippen molar-refractivity contribution >= 4 is 29.5 Å². The van der Waals surface area contributed by atoms with Crippen LogP contribution in [0.1, 0.15) is 42.3 Å². The van der Waals surface area contributed by atoms with E-state index in [9.17, 15) is 24.6 Å². The number of phenolic OH excluding ortho intramolecular Hbond substituents is 1. The van der Waals surface area contributed by atoms with Gasteiger partial charge in [0.15, 0.2) is 6.10 Å². The number of β-lactam (4-membered cyclic amide) rings is 1. The lowest BCUT2D eigenvalue weighted by Gasteiger charge is -2.52. The second kappa shape index (κ2) is 10.6. The molecule has 2 aliphatic rings. The number of amides is 3. The Morgan fingerprint density at radius 3 is 2.57 bits per heavy atom. The number of carbonyl (C=O) groups excluding carboxylic acids is 3. The minimum Gasteiger partial charge on any atom is -0.508 e. The van der Waals surface area contributed by atoms with Crippen molar-refractivity contribution in [3.8, 4) is 5.75 Å². The van der Waals surface area contributed by atoms with E-state index in [1.54, 1.807) is 24.0 Å². The van der Waals surface area contributed by atoms with Crippen molar-refractivity contribution < 1.29 is 24.6 Å². The number of hydrogen-bond donors (Lipinski definition) is 3. The van der Waals surface area contributed by atoms with Crippen molar-refractivity contribution in [2.24, 2.45) is 0 Å². The Labute approximate surface area is 221 Å². The third kappa shape index (κ3) is 5.10. The zero-order chi connectivity index (χ0) is 26.9. The lowest BCUT2D eigenvalue weighted by Crippen LogP contribution is -2.74. The molecule has 2 saturated heterocycles. The highest BCUT2D eigenvalue weighted by atomic mass is 32.2. The second-order valence-corrected chi connectivity index (χ2v) is 11.3. The first-order valence-electron chi connectivity index (χ1n) is 12.2. The molecule has 3 amide bonds. The summed E-state index contributed by atoms with van der Waals surface area (Å²) in [5.74, 6) is -0.992. The standard InChI is InChI=1S/C28H33N3O5S/c1-17(2)13-14-31-27(36)24-28(31,4)37-16-30(24)26(35)23(33)21(15-19-9-6-5-7-10-19)29-25(34)20-11-8-12-22(32)18(20)3/h5-13,21,23-24,32-33H,14-16H2,1-4H3,(H,29,34)/t21-,23-,24+,28?/m0/s1. The first kappa shape index (κ1) is 26.8. The molecule has 8 nitrogen and oxygen atoms in total. The number of nitrogens with zero attached hydrogens (tertiary/aromatic N) is 2. The summed E-state index contributed by atoms with van der Waals surface area (Å²) < 4.78 is 0. The third-order valence-corrected chi connectivity index (χ3v) is 8.55. The van der Waals surface area contributed by atoms with Crippen LogP contribution in [0.2, 0.25) is 0 Å². The van der Waals surface area contributed by atoms with Gasteiger partial charge in [-0.1, -0.05) is 48.0 Å². The number of phenols is 1. The summed E-state index contributed by atoms with van der Waals surface area (Å²) in [4.78, 5) is 42.3. The fraction of sp³-hybridized carbons (Fsp3) is 0.393. The predicted octanol–water partition coefficient (Wildman–Crippen LogP) is 2.83. The fourth-order valence-corrected chi connectivity index (χ4v) is 6.22. The molecule has 0 radical (unpaired) electrons. The molecule has 0 spiro atoms. The molecule has 0 saturated carbocycles. The zero-order valence-corrected chi connectivity index (χ0v) is 22.3. The highest BCUT2D eigenvalue weighted by molar-refractivity contribution is 8.01. The summed E-state index contributed by atoms with van der Waals surface area (Å²) >= 11 is 1.50. The van der Waals surface area contributed by atoms with Crippen LogP contribution < -0.4 is 5.32 Å². The van der Waals surface area contributed by atoms with Crippen molar-refractivity contribution in [2.45, 2.75) is 57.2 Å². The van der Waals surface area contributed by atoms with E-state index in [0.717, 1.165) is 11.1 Å². The largest absolute Gasteiger partial charge is 0.508 e. The minimum atomic E-state index is -1.57. The van der Waals surface area contributed by atoms with Crippen molar-refractivity contribution in [2.75, 3.05) is 12.4 Å². The summed E-state index contributed by atoms with van der Waals surface area (Å²) in [7, 11) is 0. The smallest absolute Gasteiger partial charge is 0.255 e. The van der Waals surface area contributed by atoms with Crippen LogP contribution in [0.15, 0.2) is 60.2 Å². The van der Waals surface area contributed by atoms with E-state index in [0.29, 0.717) is 12.1 Å². The van der Waals surface area contributed by atoms with Gasteiger partial charge in [-0.05, 0) is 51.8 Å². The Morgan fingerprint density at radius 1 is 1.19 bits per heavy atom. The molecule has 2 aromatic rings. The topological polar surface area (TPSA) is 110 Å². The van der Waals surface area contributed by atoms with Gasteiger partial charge in [-0.25, -0.2) is 0 Å². The molecule has 3 N–H and O–H groups in total. The summed E-state index contributed by atoms with van der Waals surface area (Å²) in [6.45, 7) is 7.98. The lowest BCUT2D eigenvalue weighted by atomic mass is 9.92. The average molecular weight is 524 g/mol. The van der Waals surface area contributed by atoms with Crippen LogP contribution >= 0.6 is 11.8 Å². The van der Waals surface area contributed by atoms with Crippen molar-refractivity contribution in [1.82, 2.24) is 15.1 Å². The molecule has 0 bridgehead atoms. The molecule has 9 heteroatoms. The van der Waals surface area contributed by atoms with E-state index in [2.05, 4.69) is 5.32 Å². The lowest BCUT2D eigenvalue weighted by molar-refractivity contribution is -0.166. The van der Waals surface area contributed by atoms with Crippen LogP contribution in [0.3, 0.4) is 0 Å². The molecule has 2 fully saturated rings. The minimum absolute atomic E-state index is 0.0153. The molecular weight excluding hydrogens is 490 g/mol. The molecule has 196 valence electrons. The van der Waals surface area contributed by atoms with E-state index in [1.165, 1.54) is 22.7 Å². The third-order valence-electron chi connectivity index (χ3n) is 7.11. The first-order chi connectivity index (χ1) is 17.5. The van der Waals surface area contributed by atoms with Gasteiger partial charge in [-0.3, -0.25) is 14.4 Å². The van der Waals surface area contributed by atoms with Crippen LogP contribution in [0, 0.1) is 6.92 Å². The summed E-state index contributed by atoms with van der Waals surface area (Å²) in [6.07, 6.45) is 0.624. The van der Waals surface area contributed by atoms with Gasteiger partial charge < -0.3 is 25.3 Å². The van der Waals surface area contributed by atoms with E-state index in [4.69, 9.17) is 0 Å². The number of carbonyl (C=O) groups is 3. The van der Waals surface area contributed by atoms with E-state index in [1.807, 2.05) is 57.2 Å². The van der Waals surface area contributed by atoms with Crippen molar-refractivity contribution in [1.29, 1.82) is 0 Å². The Hall–Kier alpha value is -3.30. The Kier molecular flexibility index (Phi) is 7.66. The summed E-state index contributed by atoms with van der Waals surface area (Å²) in [5, 5.41) is 24.1. The first-order valence-corrected chi connectivity index (χ1v) is 13.2. The highest BCUT2D eigenvalue weighted by Gasteiger charge is 2.65. The van der Waals surface area contributed by atoms with Crippen LogP contribution in [-0.2, 0) is 16.0 Å². The van der Waals surface area contributed by atoms with Gasteiger partial charge in [-0.2, -0.15) is 0 Å². The summed E-state index contributed by atoms with van der Waals surface area (Å²) in [5.41, 5.74) is 2.60. The Bertz CT molecular complexity index is 1230. The number of benzene rings is 2. The number of fused-ring (bicyclic) bond motifs is 1. The Balaban J connectivity index is 1.55. The maximum Gasteiger partial charge on any atom is 0.255 e. The molecule has 4 rings (SSSR count).